The largest absolute Gasteiger partial charge is 0.369 e. The number of nitrogens with zero attached hydrogens (tertiary/aromatic N) is 4. The molecule has 0 unspecified atom stereocenters. The highest BCUT2D eigenvalue weighted by Crippen LogP contribution is 2.19. The molecule has 2 aromatic heterocycles. The molecular weight excluding hydrogens is 322 g/mol. The summed E-state index contributed by atoms with van der Waals surface area (Å²) in [5.74, 6) is 0.834. The van der Waals surface area contributed by atoms with Crippen molar-refractivity contribution < 1.29 is 0 Å². The van der Waals surface area contributed by atoms with E-state index in [1.165, 1.54) is 16.7 Å². The summed E-state index contributed by atoms with van der Waals surface area (Å²) in [5.41, 5.74) is 4.62. The van der Waals surface area contributed by atoms with Gasteiger partial charge in [0.25, 0.3) is 0 Å². The smallest absolute Gasteiger partial charge is 0.163 e. The standard InChI is InChI=1S/C21H21N5/c1-16-7-9-18(10-8-16)14-26-21-19(13-25-26)20(23-15-24-21)22-12-11-17-5-3-2-4-6-17/h2-10,13,15H,11-12,14H2,1H3,(H,22,23,24). The quantitative estimate of drug-likeness (QED) is 0.578. The molecule has 0 amide bonds. The normalized spacial score (nSPS) is 11.0. The number of aromatic nitrogens is 4. The van der Waals surface area contributed by atoms with Gasteiger partial charge < -0.3 is 5.32 Å². The van der Waals surface area contributed by atoms with Crippen LogP contribution in [-0.4, -0.2) is 26.3 Å². The molecule has 0 bridgehead atoms. The fourth-order valence-corrected chi connectivity index (χ4v) is 2.99. The van der Waals surface area contributed by atoms with Crippen molar-refractivity contribution in [3.05, 3.63) is 83.8 Å². The number of benzene rings is 2. The first kappa shape index (κ1) is 16.3. The van der Waals surface area contributed by atoms with Crippen LogP contribution >= 0.6 is 0 Å². The predicted octanol–water partition coefficient (Wildman–Crippen LogP) is 3.84. The highest BCUT2D eigenvalue weighted by molar-refractivity contribution is 5.86. The molecule has 26 heavy (non-hydrogen) atoms. The SMILES string of the molecule is Cc1ccc(Cn2ncc3c(NCCc4ccccc4)ncnc32)cc1. The minimum Gasteiger partial charge on any atom is -0.369 e. The molecule has 0 saturated carbocycles. The summed E-state index contributed by atoms with van der Waals surface area (Å²) in [4.78, 5) is 8.83. The number of nitrogens with one attached hydrogen (secondary N) is 1. The number of hydrogen-bond donors (Lipinski definition) is 1. The van der Waals surface area contributed by atoms with E-state index in [2.05, 4.69) is 75.8 Å². The van der Waals surface area contributed by atoms with Crippen LogP contribution in [0.4, 0.5) is 5.82 Å². The molecule has 5 heteroatoms. The third-order valence-corrected chi connectivity index (χ3v) is 4.44. The van der Waals surface area contributed by atoms with Crippen molar-refractivity contribution in [3.8, 4) is 0 Å². The van der Waals surface area contributed by atoms with E-state index in [1.54, 1.807) is 6.33 Å². The first-order chi connectivity index (χ1) is 12.8. The number of rotatable bonds is 6. The minimum atomic E-state index is 0.699. The molecule has 1 N–H and O–H groups in total. The molecule has 0 radical (unpaired) electrons. The lowest BCUT2D eigenvalue weighted by molar-refractivity contribution is 0.703. The van der Waals surface area contributed by atoms with Crippen LogP contribution in [0.1, 0.15) is 16.7 Å². The Bertz CT molecular complexity index is 990. The van der Waals surface area contributed by atoms with E-state index in [9.17, 15) is 0 Å². The molecule has 5 nitrogen and oxygen atoms in total. The van der Waals surface area contributed by atoms with E-state index in [1.807, 2.05) is 16.9 Å². The Hall–Kier alpha value is -3.21. The van der Waals surface area contributed by atoms with Crippen LogP contribution in [0.15, 0.2) is 67.1 Å². The topological polar surface area (TPSA) is 55.6 Å². The van der Waals surface area contributed by atoms with Gasteiger partial charge in [0.05, 0.1) is 18.1 Å². The maximum absolute atomic E-state index is 4.51. The summed E-state index contributed by atoms with van der Waals surface area (Å²) in [6.45, 7) is 3.61. The van der Waals surface area contributed by atoms with Crippen molar-refractivity contribution in [2.75, 3.05) is 11.9 Å². The van der Waals surface area contributed by atoms with Gasteiger partial charge in [-0.05, 0) is 24.5 Å². The molecule has 0 aliphatic rings. The van der Waals surface area contributed by atoms with Crippen LogP contribution in [0.5, 0.6) is 0 Å². The zero-order chi connectivity index (χ0) is 17.8. The van der Waals surface area contributed by atoms with E-state index in [0.717, 1.165) is 29.8 Å². The number of anilines is 1. The zero-order valence-electron chi connectivity index (χ0n) is 14.8. The minimum absolute atomic E-state index is 0.699. The highest BCUT2D eigenvalue weighted by Gasteiger charge is 2.10. The maximum atomic E-state index is 4.51. The molecule has 2 heterocycles. The van der Waals surface area contributed by atoms with Crippen molar-refractivity contribution in [1.82, 2.24) is 19.7 Å². The molecule has 130 valence electrons. The highest BCUT2D eigenvalue weighted by atomic mass is 15.3. The summed E-state index contributed by atoms with van der Waals surface area (Å²) in [5, 5.41) is 8.88. The predicted molar refractivity (Wildman–Crippen MR) is 104 cm³/mol. The van der Waals surface area contributed by atoms with Gasteiger partial charge in [0.1, 0.15) is 12.1 Å². The number of fused-ring (bicyclic) bond motifs is 1. The van der Waals surface area contributed by atoms with Gasteiger partial charge in [-0.2, -0.15) is 5.10 Å². The number of aryl methyl sites for hydroxylation is 1. The van der Waals surface area contributed by atoms with Gasteiger partial charge in [0.15, 0.2) is 5.65 Å². The van der Waals surface area contributed by atoms with Crippen molar-refractivity contribution >= 4 is 16.9 Å². The molecule has 2 aromatic carbocycles. The second-order valence-corrected chi connectivity index (χ2v) is 6.41. The van der Waals surface area contributed by atoms with Gasteiger partial charge in [-0.3, -0.25) is 0 Å². The van der Waals surface area contributed by atoms with Gasteiger partial charge in [-0.25, -0.2) is 14.6 Å². The average molecular weight is 343 g/mol. The maximum Gasteiger partial charge on any atom is 0.163 e. The molecule has 0 spiro atoms. The van der Waals surface area contributed by atoms with Crippen LogP contribution < -0.4 is 5.32 Å². The molecular formula is C21H21N5. The molecule has 0 aliphatic carbocycles. The van der Waals surface area contributed by atoms with Crippen molar-refractivity contribution in [2.24, 2.45) is 0 Å². The van der Waals surface area contributed by atoms with Crippen LogP contribution in [0, 0.1) is 6.92 Å². The van der Waals surface area contributed by atoms with Crippen molar-refractivity contribution in [3.63, 3.8) is 0 Å². The average Bonchev–Trinajstić information content (AvgIpc) is 3.08. The number of hydrogen-bond acceptors (Lipinski definition) is 4. The summed E-state index contributed by atoms with van der Waals surface area (Å²) in [6.07, 6.45) is 4.39. The fourth-order valence-electron chi connectivity index (χ4n) is 2.99. The second kappa shape index (κ2) is 7.35. The molecule has 4 rings (SSSR count). The van der Waals surface area contributed by atoms with Crippen LogP contribution in [-0.2, 0) is 13.0 Å². The molecule has 0 aliphatic heterocycles. The summed E-state index contributed by atoms with van der Waals surface area (Å²) in [7, 11) is 0. The lowest BCUT2D eigenvalue weighted by Gasteiger charge is -2.07. The Labute approximate surface area is 152 Å². The van der Waals surface area contributed by atoms with E-state index >= 15 is 0 Å². The molecule has 0 saturated heterocycles. The Kier molecular flexibility index (Phi) is 4.60. The van der Waals surface area contributed by atoms with Gasteiger partial charge >= 0.3 is 0 Å². The second-order valence-electron chi connectivity index (χ2n) is 6.41. The molecule has 0 atom stereocenters. The van der Waals surface area contributed by atoms with Gasteiger partial charge in [0, 0.05) is 6.54 Å². The van der Waals surface area contributed by atoms with E-state index in [4.69, 9.17) is 0 Å². The van der Waals surface area contributed by atoms with Gasteiger partial charge in [0.2, 0.25) is 0 Å². The third kappa shape index (κ3) is 3.57. The Balaban J connectivity index is 1.50. The Morgan fingerprint density at radius 2 is 1.73 bits per heavy atom. The van der Waals surface area contributed by atoms with Crippen molar-refractivity contribution in [2.45, 2.75) is 19.9 Å². The monoisotopic (exact) mass is 343 g/mol. The summed E-state index contributed by atoms with van der Waals surface area (Å²) >= 11 is 0. The van der Waals surface area contributed by atoms with Crippen LogP contribution in [0.25, 0.3) is 11.0 Å². The van der Waals surface area contributed by atoms with Crippen molar-refractivity contribution in [1.29, 1.82) is 0 Å². The third-order valence-electron chi connectivity index (χ3n) is 4.44. The molecule has 4 aromatic rings. The van der Waals surface area contributed by atoms with Gasteiger partial charge in [-0.15, -0.1) is 0 Å². The van der Waals surface area contributed by atoms with E-state index in [0.29, 0.717) is 6.54 Å². The van der Waals surface area contributed by atoms with Crippen LogP contribution in [0.2, 0.25) is 0 Å². The first-order valence-corrected chi connectivity index (χ1v) is 8.79. The lowest BCUT2D eigenvalue weighted by atomic mass is 10.1. The van der Waals surface area contributed by atoms with E-state index in [-0.39, 0.29) is 0 Å². The Morgan fingerprint density at radius 3 is 2.54 bits per heavy atom. The van der Waals surface area contributed by atoms with Gasteiger partial charge in [-0.1, -0.05) is 60.2 Å². The Morgan fingerprint density at radius 1 is 0.923 bits per heavy atom. The lowest BCUT2D eigenvalue weighted by Crippen LogP contribution is -2.07. The summed E-state index contributed by atoms with van der Waals surface area (Å²) in [6, 6.07) is 18.9. The first-order valence-electron chi connectivity index (χ1n) is 8.79. The van der Waals surface area contributed by atoms with E-state index < -0.39 is 0 Å². The van der Waals surface area contributed by atoms with Crippen LogP contribution in [0.3, 0.4) is 0 Å². The summed E-state index contributed by atoms with van der Waals surface area (Å²) < 4.78 is 1.92. The molecule has 0 fully saturated rings. The zero-order valence-corrected chi connectivity index (χ0v) is 14.8. The fraction of sp³-hybridized carbons (Fsp3) is 0.190.